The molecular weight excluding hydrogens is 287 g/mol. The Morgan fingerprint density at radius 3 is 2.68 bits per heavy atom. The lowest BCUT2D eigenvalue weighted by molar-refractivity contribution is 0.528. The molecule has 1 aromatic carbocycles. The molecule has 1 unspecified atom stereocenters. The number of nitrogens with two attached hydrogens (primary N) is 1. The number of benzene rings is 1. The Kier molecular flexibility index (Phi) is 6.78. The molecule has 0 spiro atoms. The molecule has 0 aliphatic heterocycles. The summed E-state index contributed by atoms with van der Waals surface area (Å²) in [6, 6.07) is 6.51. The van der Waals surface area contributed by atoms with Crippen molar-refractivity contribution in [1.29, 1.82) is 0 Å². The molecule has 1 rings (SSSR count). The van der Waals surface area contributed by atoms with Crippen LogP contribution in [0.15, 0.2) is 29.2 Å². The Morgan fingerprint density at radius 1 is 1.42 bits per heavy atom. The van der Waals surface area contributed by atoms with Crippen molar-refractivity contribution in [2.24, 2.45) is 5.84 Å². The van der Waals surface area contributed by atoms with Crippen molar-refractivity contribution in [1.82, 2.24) is 5.43 Å². The van der Waals surface area contributed by atoms with E-state index in [9.17, 15) is 12.8 Å². The summed E-state index contributed by atoms with van der Waals surface area (Å²) >= 11 is 1.37. The van der Waals surface area contributed by atoms with Gasteiger partial charge in [-0.3, -0.25) is 11.3 Å². The highest BCUT2D eigenvalue weighted by Gasteiger charge is 2.11. The maximum Gasteiger partial charge on any atom is 0.147 e. The van der Waals surface area contributed by atoms with Crippen LogP contribution in [0.4, 0.5) is 4.39 Å². The van der Waals surface area contributed by atoms with Crippen LogP contribution in [-0.2, 0) is 9.84 Å². The average Bonchev–Trinajstić information content (AvgIpc) is 2.34. The Balaban J connectivity index is 2.39. The van der Waals surface area contributed by atoms with Gasteiger partial charge in [0.1, 0.15) is 15.7 Å². The van der Waals surface area contributed by atoms with Gasteiger partial charge in [0.2, 0.25) is 0 Å². The second-order valence-electron chi connectivity index (χ2n) is 4.38. The molecular formula is C12H19FN2O2S2. The molecule has 0 fully saturated rings. The molecule has 4 nitrogen and oxygen atoms in total. The maximum absolute atomic E-state index is 13.4. The standard InChI is InChI=1S/C12H19FN2O2S2/c1-19(16,17)8-4-5-10(15-14)9-18-12-7-3-2-6-11(12)13/h2-3,6-7,10,15H,4-5,8-9,14H2,1H3. The number of hydrogen-bond donors (Lipinski definition) is 2. The number of halogens is 1. The van der Waals surface area contributed by atoms with Gasteiger partial charge in [-0.25, -0.2) is 12.8 Å². The summed E-state index contributed by atoms with van der Waals surface area (Å²) in [6.07, 6.45) is 2.41. The Hall–Kier alpha value is -0.630. The predicted octanol–water partition coefficient (Wildman–Crippen LogP) is 1.57. The summed E-state index contributed by atoms with van der Waals surface area (Å²) in [6.45, 7) is 0. The highest BCUT2D eigenvalue weighted by molar-refractivity contribution is 7.99. The molecule has 0 saturated carbocycles. The van der Waals surface area contributed by atoms with Crippen LogP contribution in [-0.4, -0.2) is 32.2 Å². The second-order valence-corrected chi connectivity index (χ2v) is 7.70. The maximum atomic E-state index is 13.4. The van der Waals surface area contributed by atoms with Gasteiger partial charge in [0.25, 0.3) is 0 Å². The van der Waals surface area contributed by atoms with Gasteiger partial charge in [-0.2, -0.15) is 0 Å². The van der Waals surface area contributed by atoms with Crippen molar-refractivity contribution >= 4 is 21.6 Å². The topological polar surface area (TPSA) is 72.2 Å². The lowest BCUT2D eigenvalue weighted by Gasteiger charge is -2.15. The third-order valence-electron chi connectivity index (χ3n) is 2.58. The number of nitrogens with one attached hydrogen (secondary N) is 1. The van der Waals surface area contributed by atoms with E-state index in [4.69, 9.17) is 5.84 Å². The molecule has 3 N–H and O–H groups in total. The molecule has 0 radical (unpaired) electrons. The van der Waals surface area contributed by atoms with Gasteiger partial charge in [-0.05, 0) is 25.0 Å². The molecule has 0 amide bonds. The molecule has 0 heterocycles. The molecule has 7 heteroatoms. The van der Waals surface area contributed by atoms with Crippen LogP contribution >= 0.6 is 11.8 Å². The van der Waals surface area contributed by atoms with Crippen LogP contribution < -0.4 is 11.3 Å². The monoisotopic (exact) mass is 306 g/mol. The van der Waals surface area contributed by atoms with E-state index in [0.717, 1.165) is 0 Å². The van der Waals surface area contributed by atoms with Crippen molar-refractivity contribution in [3.8, 4) is 0 Å². The minimum absolute atomic E-state index is 0.0358. The lowest BCUT2D eigenvalue weighted by Crippen LogP contribution is -2.37. The SMILES string of the molecule is CS(=O)(=O)CCCC(CSc1ccccc1F)NN. The first-order chi connectivity index (χ1) is 8.92. The summed E-state index contributed by atoms with van der Waals surface area (Å²) in [7, 11) is -2.94. The molecule has 108 valence electrons. The Labute approximate surface area is 117 Å². The van der Waals surface area contributed by atoms with Gasteiger partial charge < -0.3 is 0 Å². The molecule has 1 aromatic rings. The van der Waals surface area contributed by atoms with Gasteiger partial charge in [0, 0.05) is 28.7 Å². The van der Waals surface area contributed by atoms with Crippen molar-refractivity contribution < 1.29 is 12.8 Å². The predicted molar refractivity (Wildman–Crippen MR) is 77.2 cm³/mol. The first-order valence-electron chi connectivity index (χ1n) is 5.93. The molecule has 0 aromatic heterocycles. The van der Waals surface area contributed by atoms with E-state index in [1.807, 2.05) is 0 Å². The third-order valence-corrected chi connectivity index (χ3v) is 4.82. The zero-order chi connectivity index (χ0) is 14.3. The number of hydrogen-bond acceptors (Lipinski definition) is 5. The largest absolute Gasteiger partial charge is 0.271 e. The zero-order valence-electron chi connectivity index (χ0n) is 10.8. The molecule has 0 bridgehead atoms. The molecule has 19 heavy (non-hydrogen) atoms. The summed E-state index contributed by atoms with van der Waals surface area (Å²) in [5, 5.41) is 0. The van der Waals surface area contributed by atoms with E-state index in [1.54, 1.807) is 18.2 Å². The Morgan fingerprint density at radius 2 is 2.11 bits per heavy atom. The van der Waals surface area contributed by atoms with Gasteiger partial charge >= 0.3 is 0 Å². The Bertz CT molecular complexity index is 494. The van der Waals surface area contributed by atoms with Gasteiger partial charge in [0.15, 0.2) is 0 Å². The summed E-state index contributed by atoms with van der Waals surface area (Å²) in [5.74, 6) is 5.91. The quantitative estimate of drug-likeness (QED) is 0.433. The number of thioether (sulfide) groups is 1. The van der Waals surface area contributed by atoms with Crippen LogP contribution in [0, 0.1) is 5.82 Å². The fourth-order valence-corrected chi connectivity index (χ4v) is 3.27. The smallest absolute Gasteiger partial charge is 0.147 e. The molecule has 1 atom stereocenters. The van der Waals surface area contributed by atoms with E-state index in [-0.39, 0.29) is 17.6 Å². The van der Waals surface area contributed by atoms with Crippen LogP contribution in [0.25, 0.3) is 0 Å². The van der Waals surface area contributed by atoms with E-state index in [0.29, 0.717) is 23.5 Å². The lowest BCUT2D eigenvalue weighted by atomic mass is 10.2. The molecule has 0 saturated heterocycles. The van der Waals surface area contributed by atoms with Crippen molar-refractivity contribution in [3.05, 3.63) is 30.1 Å². The van der Waals surface area contributed by atoms with E-state index in [1.165, 1.54) is 24.1 Å². The van der Waals surface area contributed by atoms with E-state index < -0.39 is 9.84 Å². The van der Waals surface area contributed by atoms with Crippen LogP contribution in [0.5, 0.6) is 0 Å². The minimum atomic E-state index is -2.94. The number of sulfone groups is 1. The average molecular weight is 306 g/mol. The molecule has 0 aliphatic carbocycles. The van der Waals surface area contributed by atoms with E-state index >= 15 is 0 Å². The van der Waals surface area contributed by atoms with Crippen molar-refractivity contribution in [2.75, 3.05) is 17.8 Å². The number of rotatable bonds is 8. The van der Waals surface area contributed by atoms with Gasteiger partial charge in [-0.15, -0.1) is 11.8 Å². The van der Waals surface area contributed by atoms with E-state index in [2.05, 4.69) is 5.43 Å². The van der Waals surface area contributed by atoms with Crippen LogP contribution in [0.3, 0.4) is 0 Å². The molecule has 0 aliphatic rings. The minimum Gasteiger partial charge on any atom is -0.271 e. The first-order valence-corrected chi connectivity index (χ1v) is 8.98. The van der Waals surface area contributed by atoms with Gasteiger partial charge in [0.05, 0.1) is 0 Å². The van der Waals surface area contributed by atoms with Crippen molar-refractivity contribution in [3.63, 3.8) is 0 Å². The normalized spacial score (nSPS) is 13.4. The van der Waals surface area contributed by atoms with Gasteiger partial charge in [-0.1, -0.05) is 12.1 Å². The zero-order valence-corrected chi connectivity index (χ0v) is 12.4. The highest BCUT2D eigenvalue weighted by atomic mass is 32.2. The number of hydrazine groups is 1. The fraction of sp³-hybridized carbons (Fsp3) is 0.500. The fourth-order valence-electron chi connectivity index (χ4n) is 1.56. The second kappa shape index (κ2) is 7.84. The summed E-state index contributed by atoms with van der Waals surface area (Å²) in [5.41, 5.74) is 2.64. The first kappa shape index (κ1) is 16.4. The van der Waals surface area contributed by atoms with Crippen LogP contribution in [0.2, 0.25) is 0 Å². The highest BCUT2D eigenvalue weighted by Crippen LogP contribution is 2.22. The summed E-state index contributed by atoms with van der Waals surface area (Å²) in [4.78, 5) is 0.575. The summed E-state index contributed by atoms with van der Waals surface area (Å²) < 4.78 is 35.4. The van der Waals surface area contributed by atoms with Crippen molar-refractivity contribution in [2.45, 2.75) is 23.8 Å². The van der Waals surface area contributed by atoms with Crippen LogP contribution in [0.1, 0.15) is 12.8 Å². The third kappa shape index (κ3) is 6.91.